The zero-order valence-electron chi connectivity index (χ0n) is 16.2. The fraction of sp³-hybridized carbons (Fsp3) is 0.650. The highest BCUT2D eigenvalue weighted by Crippen LogP contribution is 2.32. The Kier molecular flexibility index (Phi) is 5.80. The SMILES string of the molecule is CCN1CCN(C(=O)CN2CCN(Cc3ccc4c(c3)OCO4)CC2)CC1. The molecule has 0 aliphatic carbocycles. The number of rotatable bonds is 5. The van der Waals surface area contributed by atoms with Gasteiger partial charge >= 0.3 is 0 Å². The van der Waals surface area contributed by atoms with Gasteiger partial charge in [-0.15, -0.1) is 0 Å². The lowest BCUT2D eigenvalue weighted by Gasteiger charge is -2.37. The molecule has 0 N–H and O–H groups in total. The van der Waals surface area contributed by atoms with Gasteiger partial charge in [0.1, 0.15) is 0 Å². The lowest BCUT2D eigenvalue weighted by atomic mass is 10.1. The molecule has 27 heavy (non-hydrogen) atoms. The van der Waals surface area contributed by atoms with Crippen molar-refractivity contribution in [1.29, 1.82) is 0 Å². The summed E-state index contributed by atoms with van der Waals surface area (Å²) in [5, 5.41) is 0. The van der Waals surface area contributed by atoms with Gasteiger partial charge in [0.15, 0.2) is 11.5 Å². The van der Waals surface area contributed by atoms with Crippen molar-refractivity contribution in [3.63, 3.8) is 0 Å². The van der Waals surface area contributed by atoms with Crippen LogP contribution in [0.2, 0.25) is 0 Å². The van der Waals surface area contributed by atoms with E-state index >= 15 is 0 Å². The number of likely N-dealkylation sites (N-methyl/N-ethyl adjacent to an activating group) is 1. The van der Waals surface area contributed by atoms with Crippen LogP contribution in [-0.4, -0.2) is 97.7 Å². The van der Waals surface area contributed by atoms with E-state index in [1.807, 2.05) is 11.0 Å². The number of carbonyl (C=O) groups is 1. The van der Waals surface area contributed by atoms with E-state index in [-0.39, 0.29) is 5.91 Å². The highest BCUT2D eigenvalue weighted by Gasteiger charge is 2.24. The Labute approximate surface area is 161 Å². The first-order valence-corrected chi connectivity index (χ1v) is 10.0. The minimum Gasteiger partial charge on any atom is -0.454 e. The predicted molar refractivity (Wildman–Crippen MR) is 103 cm³/mol. The smallest absolute Gasteiger partial charge is 0.236 e. The summed E-state index contributed by atoms with van der Waals surface area (Å²) >= 11 is 0. The van der Waals surface area contributed by atoms with Crippen molar-refractivity contribution in [2.45, 2.75) is 13.5 Å². The Morgan fingerprint density at radius 2 is 1.56 bits per heavy atom. The molecule has 4 rings (SSSR count). The number of piperazine rings is 2. The molecule has 3 heterocycles. The molecule has 0 saturated carbocycles. The van der Waals surface area contributed by atoms with Gasteiger partial charge in [-0.3, -0.25) is 14.6 Å². The highest BCUT2D eigenvalue weighted by molar-refractivity contribution is 5.78. The Balaban J connectivity index is 1.20. The second-order valence-electron chi connectivity index (χ2n) is 7.55. The fourth-order valence-corrected chi connectivity index (χ4v) is 4.01. The van der Waals surface area contributed by atoms with Crippen LogP contribution >= 0.6 is 0 Å². The normalized spacial score (nSPS) is 21.6. The maximum atomic E-state index is 12.6. The Hall–Kier alpha value is -1.83. The zero-order valence-corrected chi connectivity index (χ0v) is 16.2. The molecule has 1 aromatic carbocycles. The molecule has 148 valence electrons. The Morgan fingerprint density at radius 3 is 2.30 bits per heavy atom. The molecule has 2 saturated heterocycles. The van der Waals surface area contributed by atoms with E-state index in [0.29, 0.717) is 13.3 Å². The molecule has 0 atom stereocenters. The van der Waals surface area contributed by atoms with Crippen LogP contribution in [0.4, 0.5) is 0 Å². The molecular weight excluding hydrogens is 344 g/mol. The number of nitrogens with zero attached hydrogens (tertiary/aromatic N) is 4. The lowest BCUT2D eigenvalue weighted by Crippen LogP contribution is -2.53. The summed E-state index contributed by atoms with van der Waals surface area (Å²) in [5.74, 6) is 1.97. The van der Waals surface area contributed by atoms with Crippen LogP contribution in [0.25, 0.3) is 0 Å². The number of carbonyl (C=O) groups excluding carboxylic acids is 1. The molecule has 3 aliphatic heterocycles. The van der Waals surface area contributed by atoms with E-state index in [1.54, 1.807) is 0 Å². The van der Waals surface area contributed by atoms with E-state index in [0.717, 1.165) is 76.9 Å². The average Bonchev–Trinajstić information content (AvgIpc) is 3.17. The lowest BCUT2D eigenvalue weighted by molar-refractivity contribution is -0.134. The topological polar surface area (TPSA) is 48.5 Å². The van der Waals surface area contributed by atoms with Gasteiger partial charge in [0.25, 0.3) is 0 Å². The first-order chi connectivity index (χ1) is 13.2. The highest BCUT2D eigenvalue weighted by atomic mass is 16.7. The minimum absolute atomic E-state index is 0.287. The second-order valence-corrected chi connectivity index (χ2v) is 7.55. The minimum atomic E-state index is 0.287. The third-order valence-electron chi connectivity index (χ3n) is 5.84. The van der Waals surface area contributed by atoms with Crippen LogP contribution in [0.15, 0.2) is 18.2 Å². The Bertz CT molecular complexity index is 653. The van der Waals surface area contributed by atoms with Gasteiger partial charge in [-0.1, -0.05) is 13.0 Å². The van der Waals surface area contributed by atoms with Crippen LogP contribution in [-0.2, 0) is 11.3 Å². The van der Waals surface area contributed by atoms with Gasteiger partial charge < -0.3 is 19.3 Å². The number of hydrogen-bond acceptors (Lipinski definition) is 6. The summed E-state index contributed by atoms with van der Waals surface area (Å²) in [6.07, 6.45) is 0. The summed E-state index contributed by atoms with van der Waals surface area (Å²) in [6.45, 7) is 12.7. The van der Waals surface area contributed by atoms with Crippen LogP contribution in [0.3, 0.4) is 0 Å². The summed E-state index contributed by atoms with van der Waals surface area (Å²) in [7, 11) is 0. The Morgan fingerprint density at radius 1 is 0.889 bits per heavy atom. The third-order valence-corrected chi connectivity index (χ3v) is 5.84. The predicted octanol–water partition coefficient (Wildman–Crippen LogP) is 0.697. The molecule has 0 aromatic heterocycles. The van der Waals surface area contributed by atoms with Crippen molar-refractivity contribution in [2.75, 3.05) is 72.2 Å². The van der Waals surface area contributed by atoms with Crippen molar-refractivity contribution >= 4 is 5.91 Å². The van der Waals surface area contributed by atoms with Crippen molar-refractivity contribution < 1.29 is 14.3 Å². The van der Waals surface area contributed by atoms with E-state index in [9.17, 15) is 4.79 Å². The summed E-state index contributed by atoms with van der Waals surface area (Å²) in [5.41, 5.74) is 1.25. The summed E-state index contributed by atoms with van der Waals surface area (Å²) in [6, 6.07) is 6.18. The molecule has 2 fully saturated rings. The standard InChI is InChI=1S/C20H30N4O3/c1-2-21-9-11-24(12-10-21)20(25)15-23-7-5-22(6-8-23)14-17-3-4-18-19(13-17)27-16-26-18/h3-4,13H,2,5-12,14-16H2,1H3. The summed E-state index contributed by atoms with van der Waals surface area (Å²) in [4.78, 5) is 21.7. The van der Waals surface area contributed by atoms with E-state index in [1.165, 1.54) is 5.56 Å². The second kappa shape index (κ2) is 8.46. The van der Waals surface area contributed by atoms with Gasteiger partial charge in [0.05, 0.1) is 6.54 Å². The molecule has 0 spiro atoms. The number of hydrogen-bond donors (Lipinski definition) is 0. The molecule has 0 radical (unpaired) electrons. The molecule has 3 aliphatic rings. The van der Waals surface area contributed by atoms with Crippen LogP contribution in [0.5, 0.6) is 11.5 Å². The molecule has 7 heteroatoms. The first-order valence-electron chi connectivity index (χ1n) is 10.0. The summed E-state index contributed by atoms with van der Waals surface area (Å²) < 4.78 is 10.8. The van der Waals surface area contributed by atoms with Crippen LogP contribution in [0.1, 0.15) is 12.5 Å². The van der Waals surface area contributed by atoms with Crippen molar-refractivity contribution in [2.24, 2.45) is 0 Å². The molecular formula is C20H30N4O3. The molecule has 0 unspecified atom stereocenters. The van der Waals surface area contributed by atoms with Crippen LogP contribution < -0.4 is 9.47 Å². The maximum Gasteiger partial charge on any atom is 0.236 e. The average molecular weight is 374 g/mol. The van der Waals surface area contributed by atoms with Crippen molar-refractivity contribution in [3.05, 3.63) is 23.8 Å². The number of ether oxygens (including phenoxy) is 2. The molecule has 1 amide bonds. The number of fused-ring (bicyclic) bond motifs is 1. The van der Waals surface area contributed by atoms with E-state index < -0.39 is 0 Å². The van der Waals surface area contributed by atoms with Gasteiger partial charge in [0.2, 0.25) is 12.7 Å². The zero-order chi connectivity index (χ0) is 18.6. The first kappa shape index (κ1) is 18.5. The maximum absolute atomic E-state index is 12.6. The molecule has 7 nitrogen and oxygen atoms in total. The largest absolute Gasteiger partial charge is 0.454 e. The monoisotopic (exact) mass is 374 g/mol. The molecule has 0 bridgehead atoms. The van der Waals surface area contributed by atoms with Gasteiger partial charge in [-0.05, 0) is 24.2 Å². The van der Waals surface area contributed by atoms with Crippen molar-refractivity contribution in [1.82, 2.24) is 19.6 Å². The van der Waals surface area contributed by atoms with Gasteiger partial charge in [-0.25, -0.2) is 0 Å². The fourth-order valence-electron chi connectivity index (χ4n) is 4.01. The van der Waals surface area contributed by atoms with E-state index in [2.05, 4.69) is 33.8 Å². The number of benzene rings is 1. The molecule has 1 aromatic rings. The number of amides is 1. The van der Waals surface area contributed by atoms with Crippen LogP contribution in [0, 0.1) is 0 Å². The van der Waals surface area contributed by atoms with E-state index in [4.69, 9.17) is 9.47 Å². The van der Waals surface area contributed by atoms with Gasteiger partial charge in [-0.2, -0.15) is 0 Å². The quantitative estimate of drug-likeness (QED) is 0.756. The van der Waals surface area contributed by atoms with Gasteiger partial charge in [0, 0.05) is 58.9 Å². The third kappa shape index (κ3) is 4.54. The van der Waals surface area contributed by atoms with Crippen molar-refractivity contribution in [3.8, 4) is 11.5 Å².